The highest BCUT2D eigenvalue weighted by molar-refractivity contribution is 5.96. The topological polar surface area (TPSA) is 55.4 Å². The smallest absolute Gasteiger partial charge is 0.303 e. The number of ether oxygens (including phenoxy) is 1. The molecule has 2 aromatic carbocycles. The number of benzene rings is 2. The van der Waals surface area contributed by atoms with Gasteiger partial charge in [-0.3, -0.25) is 9.59 Å². The molecule has 1 saturated carbocycles. The maximum atomic E-state index is 12.5. The molecule has 5 nitrogen and oxygen atoms in total. The summed E-state index contributed by atoms with van der Waals surface area (Å²) in [6, 6.07) is 20.7. The van der Waals surface area contributed by atoms with Gasteiger partial charge in [-0.05, 0) is 25.0 Å². The molecule has 1 aliphatic carbocycles. The largest absolute Gasteiger partial charge is 0.456 e. The van der Waals surface area contributed by atoms with E-state index in [1.54, 1.807) is 0 Å². The van der Waals surface area contributed by atoms with Gasteiger partial charge in [-0.2, -0.15) is 0 Å². The molecule has 3 saturated heterocycles. The number of esters is 1. The van der Waals surface area contributed by atoms with Gasteiger partial charge in [0.15, 0.2) is 6.10 Å². The van der Waals surface area contributed by atoms with Gasteiger partial charge in [0, 0.05) is 43.0 Å². The molecule has 3 aliphatic heterocycles. The minimum atomic E-state index is -0.207. The van der Waals surface area contributed by atoms with Gasteiger partial charge in [-0.1, -0.05) is 67.8 Å². The molecule has 0 aromatic heterocycles. The standard InChI is InChI=1S/C17H22NO3.C12H17N/c1-13(19)21-17-12-18(9-7-15(17)8-10-18)11-16(20)14-5-3-2-4-6-14;1-3-7-11(8-4-1)13-12-9-5-2-6-10-12/h2-6,15,17H,7-12H2,1H3;1,3-4,7-8,12-13H,2,5-6,9-10H2/q+1;. The Kier molecular flexibility index (Phi) is 8.39. The third-order valence-corrected chi connectivity index (χ3v) is 7.68. The van der Waals surface area contributed by atoms with Gasteiger partial charge in [0.05, 0.1) is 13.1 Å². The number of hydrogen-bond acceptors (Lipinski definition) is 4. The summed E-state index contributed by atoms with van der Waals surface area (Å²) in [4.78, 5) is 23.7. The number of quaternary nitrogens is 1. The molecule has 0 radical (unpaired) electrons. The van der Waals surface area contributed by atoms with Crippen LogP contribution in [-0.4, -0.2) is 54.6 Å². The van der Waals surface area contributed by atoms with E-state index in [-0.39, 0.29) is 17.9 Å². The highest BCUT2D eigenvalue weighted by atomic mass is 16.5. The van der Waals surface area contributed by atoms with Crippen LogP contribution < -0.4 is 5.32 Å². The number of ketones is 1. The lowest BCUT2D eigenvalue weighted by Crippen LogP contribution is -2.65. The third-order valence-electron chi connectivity index (χ3n) is 7.68. The first-order valence-electron chi connectivity index (χ1n) is 13.0. The number of carbonyl (C=O) groups excluding carboxylic acids is 2. The molecule has 0 spiro atoms. The predicted molar refractivity (Wildman–Crippen MR) is 136 cm³/mol. The zero-order chi connectivity index (χ0) is 23.8. The van der Waals surface area contributed by atoms with Crippen molar-refractivity contribution in [2.45, 2.75) is 64.0 Å². The number of hydrogen-bond donors (Lipinski definition) is 1. The lowest BCUT2D eigenvalue weighted by Gasteiger charge is -2.51. The summed E-state index contributed by atoms with van der Waals surface area (Å²) in [6.07, 6.45) is 9.00. The van der Waals surface area contributed by atoms with Crippen molar-refractivity contribution in [3.63, 3.8) is 0 Å². The van der Waals surface area contributed by atoms with Crippen LogP contribution >= 0.6 is 0 Å². The molecular weight excluding hydrogens is 424 g/mol. The number of piperidine rings is 3. The van der Waals surface area contributed by atoms with Crippen LogP contribution in [0.3, 0.4) is 0 Å². The Morgan fingerprint density at radius 1 is 0.882 bits per heavy atom. The maximum absolute atomic E-state index is 12.5. The van der Waals surface area contributed by atoms with Crippen molar-refractivity contribution in [2.75, 3.05) is 31.5 Å². The lowest BCUT2D eigenvalue weighted by atomic mass is 9.83. The van der Waals surface area contributed by atoms with Crippen LogP contribution in [0.1, 0.15) is 62.2 Å². The molecule has 34 heavy (non-hydrogen) atoms. The Bertz CT molecular complexity index is 917. The molecule has 4 fully saturated rings. The molecular formula is C29H39N2O3+. The summed E-state index contributed by atoms with van der Waals surface area (Å²) in [5.74, 6) is 0.472. The van der Waals surface area contributed by atoms with Gasteiger partial charge in [-0.25, -0.2) is 0 Å². The molecule has 1 N–H and O–H groups in total. The summed E-state index contributed by atoms with van der Waals surface area (Å²) < 4.78 is 6.25. The average molecular weight is 464 g/mol. The molecule has 1 atom stereocenters. The minimum absolute atomic E-state index is 0.00595. The number of nitrogens with zero attached hydrogens (tertiary/aromatic N) is 1. The normalized spacial score (nSPS) is 26.1. The van der Waals surface area contributed by atoms with E-state index in [2.05, 4.69) is 35.6 Å². The summed E-state index contributed by atoms with van der Waals surface area (Å²) in [6.45, 7) is 4.84. The number of rotatable bonds is 6. The van der Waals surface area contributed by atoms with Crippen LogP contribution in [-0.2, 0) is 9.53 Å². The Morgan fingerprint density at radius 2 is 1.50 bits per heavy atom. The van der Waals surface area contributed by atoms with Crippen molar-refractivity contribution in [3.8, 4) is 0 Å². The molecule has 182 valence electrons. The second-order valence-electron chi connectivity index (χ2n) is 10.2. The van der Waals surface area contributed by atoms with Crippen LogP contribution in [0.2, 0.25) is 0 Å². The second kappa shape index (κ2) is 11.7. The summed E-state index contributed by atoms with van der Waals surface area (Å²) in [7, 11) is 0. The monoisotopic (exact) mass is 463 g/mol. The Balaban J connectivity index is 0.000000180. The fourth-order valence-electron chi connectivity index (χ4n) is 5.83. The Labute approximate surface area is 204 Å². The number of nitrogens with one attached hydrogen (secondary N) is 1. The average Bonchev–Trinajstić information content (AvgIpc) is 2.86. The number of anilines is 1. The van der Waals surface area contributed by atoms with E-state index < -0.39 is 0 Å². The van der Waals surface area contributed by atoms with Crippen molar-refractivity contribution in [3.05, 3.63) is 66.2 Å². The molecule has 3 heterocycles. The fraction of sp³-hybridized carbons (Fsp3) is 0.517. The van der Waals surface area contributed by atoms with Crippen LogP contribution in [0.5, 0.6) is 0 Å². The van der Waals surface area contributed by atoms with Gasteiger partial charge in [0.25, 0.3) is 0 Å². The first-order valence-corrected chi connectivity index (χ1v) is 13.0. The van der Waals surface area contributed by atoms with E-state index >= 15 is 0 Å². The maximum Gasteiger partial charge on any atom is 0.303 e. The highest BCUT2D eigenvalue weighted by Gasteiger charge is 2.48. The number of Topliss-reactive ketones (excluding diaryl/α,β-unsaturated/α-hetero) is 1. The number of para-hydroxylation sites is 1. The van der Waals surface area contributed by atoms with Gasteiger partial charge >= 0.3 is 5.97 Å². The zero-order valence-corrected chi connectivity index (χ0v) is 20.5. The van der Waals surface area contributed by atoms with E-state index in [0.29, 0.717) is 12.5 Å². The van der Waals surface area contributed by atoms with Crippen LogP contribution in [0.25, 0.3) is 0 Å². The molecule has 1 unspecified atom stereocenters. The van der Waals surface area contributed by atoms with Gasteiger partial charge in [0.2, 0.25) is 5.78 Å². The number of carbonyl (C=O) groups is 2. The summed E-state index contributed by atoms with van der Waals surface area (Å²) >= 11 is 0. The van der Waals surface area contributed by atoms with E-state index in [0.717, 1.165) is 48.6 Å². The molecule has 0 amide bonds. The van der Waals surface area contributed by atoms with E-state index in [1.807, 2.05) is 30.3 Å². The molecule has 2 bridgehead atoms. The van der Waals surface area contributed by atoms with Crippen LogP contribution in [0, 0.1) is 5.92 Å². The van der Waals surface area contributed by atoms with Crippen LogP contribution in [0.4, 0.5) is 5.69 Å². The molecule has 5 heteroatoms. The first kappa shape index (κ1) is 24.5. The Morgan fingerprint density at radius 3 is 2.12 bits per heavy atom. The van der Waals surface area contributed by atoms with Gasteiger partial charge in [-0.15, -0.1) is 0 Å². The summed E-state index contributed by atoms with van der Waals surface area (Å²) in [5, 5.41) is 3.58. The number of fused-ring (bicyclic) bond motifs is 3. The van der Waals surface area contributed by atoms with E-state index in [1.165, 1.54) is 44.7 Å². The van der Waals surface area contributed by atoms with Gasteiger partial charge < -0.3 is 14.5 Å². The van der Waals surface area contributed by atoms with Crippen molar-refractivity contribution in [1.82, 2.24) is 0 Å². The van der Waals surface area contributed by atoms with Crippen molar-refractivity contribution >= 4 is 17.4 Å². The zero-order valence-electron chi connectivity index (χ0n) is 20.5. The fourth-order valence-corrected chi connectivity index (χ4v) is 5.83. The van der Waals surface area contributed by atoms with Crippen LogP contribution in [0.15, 0.2) is 60.7 Å². The Hall–Kier alpha value is -2.66. The quantitative estimate of drug-likeness (QED) is 0.350. The molecule has 6 rings (SSSR count). The SMILES string of the molecule is CC(=O)OC1C[N+]2(CC(=O)c3ccccc3)CCC1CC2.c1ccc(NC2CCCCC2)cc1. The minimum Gasteiger partial charge on any atom is -0.456 e. The van der Waals surface area contributed by atoms with Gasteiger partial charge in [0.1, 0.15) is 13.1 Å². The van der Waals surface area contributed by atoms with E-state index in [9.17, 15) is 9.59 Å². The summed E-state index contributed by atoms with van der Waals surface area (Å²) in [5.41, 5.74) is 2.05. The van der Waals surface area contributed by atoms with Crippen molar-refractivity contribution < 1.29 is 18.8 Å². The predicted octanol–water partition coefficient (Wildman–Crippen LogP) is 5.47. The second-order valence-corrected chi connectivity index (χ2v) is 10.2. The lowest BCUT2D eigenvalue weighted by molar-refractivity contribution is -0.938. The molecule has 4 aliphatic rings. The van der Waals surface area contributed by atoms with Crippen molar-refractivity contribution in [1.29, 1.82) is 0 Å². The van der Waals surface area contributed by atoms with Crippen molar-refractivity contribution in [2.24, 2.45) is 5.92 Å². The third kappa shape index (κ3) is 6.69. The first-order chi connectivity index (χ1) is 16.5. The highest BCUT2D eigenvalue weighted by Crippen LogP contribution is 2.35. The molecule has 2 aromatic rings. The van der Waals surface area contributed by atoms with E-state index in [4.69, 9.17) is 4.74 Å².